The van der Waals surface area contributed by atoms with Crippen molar-refractivity contribution in [3.63, 3.8) is 0 Å². The predicted molar refractivity (Wildman–Crippen MR) is 43.9 cm³/mol. The molecule has 1 heterocycles. The van der Waals surface area contributed by atoms with E-state index in [-0.39, 0.29) is 11.2 Å². The van der Waals surface area contributed by atoms with Crippen LogP contribution in [0.15, 0.2) is 23.4 Å². The van der Waals surface area contributed by atoms with Crippen molar-refractivity contribution < 1.29 is 9.90 Å². The molecule has 0 aromatic heterocycles. The number of quaternary nitrogens is 1. The number of halogens is 1. The van der Waals surface area contributed by atoms with Gasteiger partial charge in [-0.05, 0) is 12.2 Å². The molecule has 6 N–H and O–H groups in total. The number of carboxylic acid groups (broad SMARTS) is 1. The molecule has 1 unspecified atom stereocenters. The standard InChI is InChI=1S/C6H7ClN2O2.H3N/c7-4-2-1-3-9(8)5(4)6(10)11;/h1-3,5H,8H2,(H,10,11);1H3. The van der Waals surface area contributed by atoms with Gasteiger partial charge in [-0.25, -0.2) is 5.84 Å². The van der Waals surface area contributed by atoms with Gasteiger partial charge in [-0.1, -0.05) is 11.6 Å². The number of carboxylic acids is 1. The van der Waals surface area contributed by atoms with Crippen molar-refractivity contribution >= 4 is 17.6 Å². The lowest BCUT2D eigenvalue weighted by Gasteiger charge is -2.28. The molecule has 0 saturated carbocycles. The molecule has 1 aliphatic rings. The van der Waals surface area contributed by atoms with Crippen LogP contribution in [0.1, 0.15) is 0 Å². The van der Waals surface area contributed by atoms with E-state index < -0.39 is 12.0 Å². The fraction of sp³-hybridized carbons (Fsp3) is 0.167. The Morgan fingerprint density at radius 3 is 2.67 bits per heavy atom. The maximum atomic E-state index is 10.4. The molecule has 0 aromatic carbocycles. The molecule has 0 aromatic rings. The van der Waals surface area contributed by atoms with Gasteiger partial charge in [0.2, 0.25) is 0 Å². The lowest BCUT2D eigenvalue weighted by atomic mass is 10.2. The maximum absolute atomic E-state index is 10.4. The molecule has 0 saturated heterocycles. The van der Waals surface area contributed by atoms with Gasteiger partial charge < -0.3 is 21.1 Å². The van der Waals surface area contributed by atoms with Gasteiger partial charge in [0.15, 0.2) is 0 Å². The molecular weight excluding hydrogens is 182 g/mol. The third kappa shape index (κ3) is 1.97. The van der Waals surface area contributed by atoms with Gasteiger partial charge >= 0.3 is 0 Å². The molecule has 6 heteroatoms. The Balaban J connectivity index is 0.00000121. The zero-order chi connectivity index (χ0) is 8.43. The third-order valence-corrected chi connectivity index (χ3v) is 1.63. The monoisotopic (exact) mass is 191 g/mol. The fourth-order valence-corrected chi connectivity index (χ4v) is 1.06. The van der Waals surface area contributed by atoms with Crippen LogP contribution in [-0.2, 0) is 4.79 Å². The molecule has 68 valence electrons. The quantitative estimate of drug-likeness (QED) is 0.535. The van der Waals surface area contributed by atoms with Crippen molar-refractivity contribution in [2.24, 2.45) is 5.84 Å². The molecule has 0 bridgehead atoms. The minimum Gasteiger partial charge on any atom is -0.547 e. The Kier molecular flexibility index (Phi) is 3.75. The number of hydrazine groups is 1. The Morgan fingerprint density at radius 1 is 1.75 bits per heavy atom. The molecule has 1 rings (SSSR count). The summed E-state index contributed by atoms with van der Waals surface area (Å²) in [7, 11) is 0. The van der Waals surface area contributed by atoms with Gasteiger partial charge in [0.25, 0.3) is 0 Å². The lowest BCUT2D eigenvalue weighted by Crippen LogP contribution is -2.49. The second kappa shape index (κ2) is 4.10. The second-order valence-corrected chi connectivity index (χ2v) is 2.50. The summed E-state index contributed by atoms with van der Waals surface area (Å²) in [6.07, 6.45) is 4.43. The number of nitrogens with zero attached hydrogens (tertiary/aromatic N) is 1. The molecule has 0 aliphatic carbocycles. The summed E-state index contributed by atoms with van der Waals surface area (Å²) in [6, 6.07) is -1.05. The van der Waals surface area contributed by atoms with Crippen LogP contribution in [0.25, 0.3) is 0 Å². The number of aliphatic carboxylic acids is 1. The first kappa shape index (κ1) is 11.0. The van der Waals surface area contributed by atoms with E-state index in [1.165, 1.54) is 12.3 Å². The van der Waals surface area contributed by atoms with Crippen molar-refractivity contribution in [1.82, 2.24) is 11.2 Å². The molecule has 1 aliphatic heterocycles. The van der Waals surface area contributed by atoms with Crippen molar-refractivity contribution in [3.05, 3.63) is 23.4 Å². The zero-order valence-corrected chi connectivity index (χ0v) is 7.28. The van der Waals surface area contributed by atoms with Gasteiger partial charge in [-0.2, -0.15) is 0 Å². The first-order valence-electron chi connectivity index (χ1n) is 2.90. The van der Waals surface area contributed by atoms with Crippen molar-refractivity contribution in [2.75, 3.05) is 0 Å². The Morgan fingerprint density at radius 2 is 2.33 bits per heavy atom. The van der Waals surface area contributed by atoms with E-state index in [1.54, 1.807) is 6.08 Å². The number of carbonyl (C=O) groups excluding carboxylic acids is 1. The summed E-state index contributed by atoms with van der Waals surface area (Å²) in [4.78, 5) is 10.4. The smallest absolute Gasteiger partial charge is 0.119 e. The Labute approximate surface area is 74.6 Å². The summed E-state index contributed by atoms with van der Waals surface area (Å²) >= 11 is 5.54. The van der Waals surface area contributed by atoms with E-state index in [4.69, 9.17) is 17.4 Å². The largest absolute Gasteiger partial charge is 0.547 e. The van der Waals surface area contributed by atoms with Crippen molar-refractivity contribution in [3.8, 4) is 0 Å². The lowest BCUT2D eigenvalue weighted by molar-refractivity contribution is -0.309. The molecule has 5 nitrogen and oxygen atoms in total. The summed E-state index contributed by atoms with van der Waals surface area (Å²) in [5, 5.41) is 11.5. The summed E-state index contributed by atoms with van der Waals surface area (Å²) in [5.74, 6) is 3.96. The molecule has 12 heavy (non-hydrogen) atoms. The number of carbonyl (C=O) groups is 1. The predicted octanol–water partition coefficient (Wildman–Crippen LogP) is -0.693. The topological polar surface area (TPSA) is 106 Å². The highest BCUT2D eigenvalue weighted by molar-refractivity contribution is 6.32. The summed E-state index contributed by atoms with van der Waals surface area (Å²) in [5.41, 5.74) is 0. The van der Waals surface area contributed by atoms with Crippen molar-refractivity contribution in [1.29, 1.82) is 0 Å². The van der Waals surface area contributed by atoms with Crippen LogP contribution in [0.2, 0.25) is 0 Å². The van der Waals surface area contributed by atoms with E-state index in [2.05, 4.69) is 0 Å². The van der Waals surface area contributed by atoms with Gasteiger partial charge in [0, 0.05) is 11.2 Å². The molecule has 0 spiro atoms. The average Bonchev–Trinajstić information content (AvgIpc) is 1.85. The van der Waals surface area contributed by atoms with E-state index in [0.717, 1.165) is 5.01 Å². The minimum atomic E-state index is -1.31. The van der Waals surface area contributed by atoms with E-state index >= 15 is 0 Å². The number of rotatable bonds is 1. The van der Waals surface area contributed by atoms with Crippen LogP contribution in [0.5, 0.6) is 0 Å². The van der Waals surface area contributed by atoms with Gasteiger partial charge in [0.05, 0.1) is 5.97 Å². The molecule has 1 atom stereocenters. The maximum Gasteiger partial charge on any atom is 0.119 e. The summed E-state index contributed by atoms with van der Waals surface area (Å²) in [6.45, 7) is 0. The van der Waals surface area contributed by atoms with E-state index in [0.29, 0.717) is 0 Å². The van der Waals surface area contributed by atoms with E-state index in [9.17, 15) is 9.90 Å². The van der Waals surface area contributed by atoms with Crippen LogP contribution in [0, 0.1) is 0 Å². The molecule has 0 radical (unpaired) electrons. The second-order valence-electron chi connectivity index (χ2n) is 2.06. The van der Waals surface area contributed by atoms with Crippen LogP contribution < -0.4 is 17.1 Å². The van der Waals surface area contributed by atoms with Gasteiger partial charge in [-0.15, -0.1) is 0 Å². The molecule has 0 amide bonds. The normalized spacial score (nSPS) is 21.3. The number of nitrogens with two attached hydrogens (primary N) is 1. The Hall–Kier alpha value is -1.04. The van der Waals surface area contributed by atoms with Crippen LogP contribution >= 0.6 is 11.6 Å². The number of allylic oxidation sites excluding steroid dienone is 2. The zero-order valence-electron chi connectivity index (χ0n) is 6.53. The third-order valence-electron chi connectivity index (χ3n) is 1.30. The first-order valence-corrected chi connectivity index (χ1v) is 3.28. The highest BCUT2D eigenvalue weighted by atomic mass is 35.5. The summed E-state index contributed by atoms with van der Waals surface area (Å²) < 4.78 is 0. The number of hydrogen-bond acceptors (Lipinski definition) is 4. The first-order chi connectivity index (χ1) is 5.13. The van der Waals surface area contributed by atoms with E-state index in [1.807, 2.05) is 0 Å². The minimum absolute atomic E-state index is 0. The molecule has 0 fully saturated rings. The van der Waals surface area contributed by atoms with Gasteiger partial charge in [0.1, 0.15) is 6.04 Å². The number of hydrogen-bond donors (Lipinski definition) is 2. The van der Waals surface area contributed by atoms with Gasteiger partial charge in [-0.3, -0.25) is 0 Å². The van der Waals surface area contributed by atoms with Crippen LogP contribution in [-0.4, -0.2) is 17.0 Å². The highest BCUT2D eigenvalue weighted by Crippen LogP contribution is 2.16. The highest BCUT2D eigenvalue weighted by Gasteiger charge is 2.19. The SMILES string of the molecule is NN1C=CC=C(Cl)C1C(=O)[O-].[NH4+]. The van der Waals surface area contributed by atoms with Crippen LogP contribution in [0.3, 0.4) is 0 Å². The average molecular weight is 192 g/mol. The van der Waals surface area contributed by atoms with Crippen molar-refractivity contribution in [2.45, 2.75) is 6.04 Å². The Bertz CT molecular complexity index is 239. The van der Waals surface area contributed by atoms with Crippen LogP contribution in [0.4, 0.5) is 0 Å². The molecular formula is C6H10ClN3O2. The fourth-order valence-electron chi connectivity index (χ4n) is 0.788.